The lowest BCUT2D eigenvalue weighted by molar-refractivity contribution is -0.115. The third kappa shape index (κ3) is 1.40. The lowest BCUT2D eigenvalue weighted by Gasteiger charge is -2.01. The van der Waals surface area contributed by atoms with Crippen molar-refractivity contribution in [2.75, 3.05) is 11.9 Å². The molecule has 4 heteroatoms. The normalized spacial score (nSPS) is 13.6. The van der Waals surface area contributed by atoms with Gasteiger partial charge in [-0.2, -0.15) is 0 Å². The van der Waals surface area contributed by atoms with E-state index < -0.39 is 0 Å². The van der Waals surface area contributed by atoms with Crippen LogP contribution in [-0.2, 0) is 11.2 Å². The van der Waals surface area contributed by atoms with Gasteiger partial charge in [-0.3, -0.25) is 9.59 Å². The minimum atomic E-state index is -0.117. The molecule has 0 fully saturated rings. The van der Waals surface area contributed by atoms with Crippen molar-refractivity contribution in [2.45, 2.75) is 6.42 Å². The summed E-state index contributed by atoms with van der Waals surface area (Å²) in [6.45, 7) is -0.00721. The van der Waals surface area contributed by atoms with Crippen LogP contribution < -0.4 is 11.1 Å². The van der Waals surface area contributed by atoms with Gasteiger partial charge >= 0.3 is 0 Å². The number of amides is 1. The third-order valence-corrected chi connectivity index (χ3v) is 2.24. The monoisotopic (exact) mass is 190 g/mol. The highest BCUT2D eigenvalue weighted by Gasteiger charge is 2.18. The first-order valence-electron chi connectivity index (χ1n) is 4.37. The number of carbonyl (C=O) groups excluding carboxylic acids is 2. The maximum Gasteiger partial charge on any atom is 0.228 e. The predicted molar refractivity (Wildman–Crippen MR) is 52.2 cm³/mol. The summed E-state index contributed by atoms with van der Waals surface area (Å²) in [6.07, 6.45) is 0.395. The summed E-state index contributed by atoms with van der Waals surface area (Å²) in [5.41, 5.74) is 7.45. The van der Waals surface area contributed by atoms with Crippen LogP contribution in [0.25, 0.3) is 0 Å². The van der Waals surface area contributed by atoms with Crippen LogP contribution in [-0.4, -0.2) is 18.2 Å². The molecular formula is C10H10N2O2. The minimum absolute atomic E-state index is 0.00721. The fourth-order valence-corrected chi connectivity index (χ4v) is 1.51. The van der Waals surface area contributed by atoms with Crippen molar-refractivity contribution >= 4 is 17.4 Å². The average Bonchev–Trinajstić information content (AvgIpc) is 2.55. The van der Waals surface area contributed by atoms with E-state index in [4.69, 9.17) is 5.73 Å². The Hall–Kier alpha value is -1.68. The van der Waals surface area contributed by atoms with E-state index in [0.717, 1.165) is 11.3 Å². The van der Waals surface area contributed by atoms with Crippen molar-refractivity contribution in [3.05, 3.63) is 29.3 Å². The van der Waals surface area contributed by atoms with Gasteiger partial charge in [-0.05, 0) is 11.6 Å². The Morgan fingerprint density at radius 2 is 2.29 bits per heavy atom. The molecule has 1 amide bonds. The van der Waals surface area contributed by atoms with Gasteiger partial charge in [0.1, 0.15) is 0 Å². The molecule has 1 aliphatic heterocycles. The number of carbonyl (C=O) groups is 2. The molecule has 0 radical (unpaired) electrons. The van der Waals surface area contributed by atoms with Crippen molar-refractivity contribution in [2.24, 2.45) is 5.73 Å². The van der Waals surface area contributed by atoms with Crippen LogP contribution in [0.3, 0.4) is 0 Å². The van der Waals surface area contributed by atoms with Gasteiger partial charge in [0.15, 0.2) is 5.78 Å². The fourth-order valence-electron chi connectivity index (χ4n) is 1.51. The molecular weight excluding hydrogens is 180 g/mol. The quantitative estimate of drug-likeness (QED) is 0.660. The molecule has 0 spiro atoms. The number of Topliss-reactive ketones (excluding diaryl/α,β-unsaturated/α-hetero) is 1. The van der Waals surface area contributed by atoms with Gasteiger partial charge in [-0.15, -0.1) is 0 Å². The smallest absolute Gasteiger partial charge is 0.228 e. The lowest BCUT2D eigenvalue weighted by atomic mass is 10.1. The number of hydrogen-bond donors (Lipinski definition) is 2. The highest BCUT2D eigenvalue weighted by atomic mass is 16.1. The van der Waals surface area contributed by atoms with E-state index in [1.165, 1.54) is 0 Å². The van der Waals surface area contributed by atoms with Crippen LogP contribution in [0.1, 0.15) is 15.9 Å². The van der Waals surface area contributed by atoms with Gasteiger partial charge in [-0.25, -0.2) is 0 Å². The fraction of sp³-hybridized carbons (Fsp3) is 0.200. The second kappa shape index (κ2) is 3.23. The van der Waals surface area contributed by atoms with Crippen molar-refractivity contribution in [3.8, 4) is 0 Å². The van der Waals surface area contributed by atoms with Gasteiger partial charge in [0.25, 0.3) is 0 Å². The Morgan fingerprint density at radius 3 is 3.00 bits per heavy atom. The molecule has 3 N–H and O–H groups in total. The first-order valence-corrected chi connectivity index (χ1v) is 4.37. The van der Waals surface area contributed by atoms with E-state index in [0.29, 0.717) is 12.0 Å². The second-order valence-corrected chi connectivity index (χ2v) is 3.22. The molecule has 2 rings (SSSR count). The number of nitrogens with two attached hydrogens (primary N) is 1. The SMILES string of the molecule is NCC(=O)c1ccc2c(c1)NC(=O)C2. The summed E-state index contributed by atoms with van der Waals surface area (Å²) in [6, 6.07) is 5.17. The molecule has 72 valence electrons. The maximum absolute atomic E-state index is 11.3. The van der Waals surface area contributed by atoms with Crippen LogP contribution >= 0.6 is 0 Å². The van der Waals surface area contributed by atoms with E-state index in [9.17, 15) is 9.59 Å². The van der Waals surface area contributed by atoms with E-state index >= 15 is 0 Å². The Kier molecular flexibility index (Phi) is 2.05. The van der Waals surface area contributed by atoms with Crippen molar-refractivity contribution in [3.63, 3.8) is 0 Å². The lowest BCUT2D eigenvalue weighted by Crippen LogP contribution is -2.13. The molecule has 4 nitrogen and oxygen atoms in total. The standard InChI is InChI=1S/C10H10N2O2/c11-5-9(13)7-2-1-6-4-10(14)12-8(6)3-7/h1-3H,4-5,11H2,(H,12,14). The van der Waals surface area contributed by atoms with Crippen LogP contribution in [0.15, 0.2) is 18.2 Å². The molecule has 1 aliphatic rings. The summed E-state index contributed by atoms with van der Waals surface area (Å²) in [5, 5.41) is 2.68. The Labute approximate surface area is 81.1 Å². The first kappa shape index (κ1) is 8.90. The average molecular weight is 190 g/mol. The number of benzene rings is 1. The van der Waals surface area contributed by atoms with Gasteiger partial charge in [-0.1, -0.05) is 12.1 Å². The van der Waals surface area contributed by atoms with Crippen molar-refractivity contribution in [1.29, 1.82) is 0 Å². The molecule has 14 heavy (non-hydrogen) atoms. The Bertz CT molecular complexity index is 413. The third-order valence-electron chi connectivity index (χ3n) is 2.24. The highest BCUT2D eigenvalue weighted by molar-refractivity contribution is 6.03. The van der Waals surface area contributed by atoms with Crippen LogP contribution in [0.4, 0.5) is 5.69 Å². The van der Waals surface area contributed by atoms with Gasteiger partial charge in [0.2, 0.25) is 5.91 Å². The Morgan fingerprint density at radius 1 is 1.50 bits per heavy atom. The molecule has 1 aromatic carbocycles. The molecule has 0 aliphatic carbocycles. The summed E-state index contributed by atoms with van der Waals surface area (Å²) in [5.74, 6) is -0.147. The minimum Gasteiger partial charge on any atom is -0.326 e. The summed E-state index contributed by atoms with van der Waals surface area (Å²) in [4.78, 5) is 22.3. The van der Waals surface area contributed by atoms with Crippen molar-refractivity contribution in [1.82, 2.24) is 0 Å². The van der Waals surface area contributed by atoms with Crippen LogP contribution in [0.5, 0.6) is 0 Å². The first-order chi connectivity index (χ1) is 6.70. The zero-order valence-electron chi connectivity index (χ0n) is 7.54. The number of hydrogen-bond acceptors (Lipinski definition) is 3. The van der Waals surface area contributed by atoms with Crippen LogP contribution in [0.2, 0.25) is 0 Å². The number of anilines is 1. The summed E-state index contributed by atoms with van der Waals surface area (Å²) in [7, 11) is 0. The van der Waals surface area contributed by atoms with E-state index in [-0.39, 0.29) is 18.2 Å². The molecule has 1 aromatic rings. The highest BCUT2D eigenvalue weighted by Crippen LogP contribution is 2.23. The number of ketones is 1. The molecule has 0 saturated carbocycles. The van der Waals surface area contributed by atoms with E-state index in [1.807, 2.05) is 0 Å². The summed E-state index contributed by atoms with van der Waals surface area (Å²) >= 11 is 0. The molecule has 0 aromatic heterocycles. The largest absolute Gasteiger partial charge is 0.326 e. The zero-order chi connectivity index (χ0) is 10.1. The van der Waals surface area contributed by atoms with Gasteiger partial charge < -0.3 is 11.1 Å². The topological polar surface area (TPSA) is 72.2 Å². The molecule has 0 atom stereocenters. The second-order valence-electron chi connectivity index (χ2n) is 3.22. The van der Waals surface area contributed by atoms with E-state index in [2.05, 4.69) is 5.32 Å². The molecule has 0 saturated heterocycles. The van der Waals surface area contributed by atoms with Gasteiger partial charge in [0, 0.05) is 11.3 Å². The number of rotatable bonds is 2. The van der Waals surface area contributed by atoms with Crippen LogP contribution in [0, 0.1) is 0 Å². The Balaban J connectivity index is 2.37. The summed E-state index contributed by atoms with van der Waals surface area (Å²) < 4.78 is 0. The number of nitrogens with one attached hydrogen (secondary N) is 1. The van der Waals surface area contributed by atoms with Gasteiger partial charge in [0.05, 0.1) is 13.0 Å². The molecule has 1 heterocycles. The molecule has 0 unspecified atom stereocenters. The molecule has 0 bridgehead atoms. The van der Waals surface area contributed by atoms with E-state index in [1.54, 1.807) is 18.2 Å². The van der Waals surface area contributed by atoms with Crippen molar-refractivity contribution < 1.29 is 9.59 Å². The maximum atomic E-state index is 11.3. The zero-order valence-corrected chi connectivity index (χ0v) is 7.54. The number of fused-ring (bicyclic) bond motifs is 1. The predicted octanol–water partition coefficient (Wildman–Crippen LogP) is 0.323.